The molecule has 5 nitrogen and oxygen atoms in total. The molecule has 0 aromatic heterocycles. The second kappa shape index (κ2) is 8.44. The maximum atomic E-state index is 13.5. The quantitative estimate of drug-likeness (QED) is 0.265. The molecule has 28 heavy (non-hydrogen) atoms. The van der Waals surface area contributed by atoms with E-state index in [0.717, 1.165) is 17.0 Å². The van der Waals surface area contributed by atoms with Gasteiger partial charge in [-0.2, -0.15) is 13.2 Å². The Balaban J connectivity index is 1.88. The van der Waals surface area contributed by atoms with Gasteiger partial charge >= 0.3 is 6.18 Å². The van der Waals surface area contributed by atoms with Crippen LogP contribution in [0.4, 0.5) is 26.3 Å². The molecule has 0 spiro atoms. The van der Waals surface area contributed by atoms with Gasteiger partial charge in [-0.1, -0.05) is 6.08 Å². The van der Waals surface area contributed by atoms with E-state index >= 15 is 0 Å². The van der Waals surface area contributed by atoms with E-state index < -0.39 is 41.2 Å². The first-order chi connectivity index (χ1) is 13.0. The molecule has 2 N–H and O–H groups in total. The highest BCUT2D eigenvalue weighted by Crippen LogP contribution is 2.20. The molecule has 11 heteroatoms. The number of halogens is 6. The fraction of sp³-hybridized carbons (Fsp3) is 0.353. The lowest BCUT2D eigenvalue weighted by Crippen LogP contribution is -2.56. The van der Waals surface area contributed by atoms with Crippen molar-refractivity contribution < 1.29 is 31.1 Å². The van der Waals surface area contributed by atoms with Gasteiger partial charge in [-0.25, -0.2) is 13.2 Å². The van der Waals surface area contributed by atoms with Crippen molar-refractivity contribution in [3.05, 3.63) is 47.3 Å². The second-order valence-corrected chi connectivity index (χ2v) is 6.00. The van der Waals surface area contributed by atoms with Gasteiger partial charge in [0.1, 0.15) is 11.7 Å². The first kappa shape index (κ1) is 21.5. The first-order valence-corrected chi connectivity index (χ1v) is 8.10. The van der Waals surface area contributed by atoms with Gasteiger partial charge in [-0.15, -0.1) is 0 Å². The van der Waals surface area contributed by atoms with E-state index in [-0.39, 0.29) is 38.0 Å². The third-order valence-electron chi connectivity index (χ3n) is 4.04. The Morgan fingerprint density at radius 3 is 2.36 bits per heavy atom. The van der Waals surface area contributed by atoms with Crippen LogP contribution in [0, 0.1) is 28.3 Å². The summed E-state index contributed by atoms with van der Waals surface area (Å²) in [5.74, 6) is -6.14. The van der Waals surface area contributed by atoms with Crippen LogP contribution in [0.15, 0.2) is 24.3 Å². The number of hydrogen-bond donors (Lipinski definition) is 2. The van der Waals surface area contributed by atoms with E-state index in [4.69, 9.17) is 10.8 Å². The van der Waals surface area contributed by atoms with Crippen LogP contribution in [0.25, 0.3) is 0 Å². The lowest BCUT2D eigenvalue weighted by molar-refractivity contribution is -0.126. The Bertz CT molecular complexity index is 821. The Labute approximate surface area is 156 Å². The molecule has 1 fully saturated rings. The average Bonchev–Trinajstić information content (AvgIpc) is 2.61. The van der Waals surface area contributed by atoms with Crippen LogP contribution >= 0.6 is 0 Å². The predicted molar refractivity (Wildman–Crippen MR) is 88.6 cm³/mol. The molecule has 0 aliphatic carbocycles. The fourth-order valence-electron chi connectivity index (χ4n) is 2.57. The fourth-order valence-corrected chi connectivity index (χ4v) is 2.57. The molecule has 1 heterocycles. The highest BCUT2D eigenvalue weighted by molar-refractivity contribution is 6.03. The minimum absolute atomic E-state index is 0.0131. The largest absolute Gasteiger partial charge is 0.449 e. The maximum Gasteiger partial charge on any atom is 0.449 e. The smallest absolute Gasteiger partial charge is 0.330 e. The number of aryl methyl sites for hydroxylation is 1. The summed E-state index contributed by atoms with van der Waals surface area (Å²) in [5, 5.41) is 14.7. The van der Waals surface area contributed by atoms with Crippen molar-refractivity contribution in [2.45, 2.75) is 19.0 Å². The summed E-state index contributed by atoms with van der Waals surface area (Å²) in [7, 11) is 0. The Hall–Kier alpha value is -2.85. The molecule has 0 saturated carbocycles. The third-order valence-corrected chi connectivity index (χ3v) is 4.04. The summed E-state index contributed by atoms with van der Waals surface area (Å²) in [6, 6.07) is 1.17. The van der Waals surface area contributed by atoms with E-state index in [9.17, 15) is 31.1 Å². The van der Waals surface area contributed by atoms with E-state index in [1.54, 1.807) is 0 Å². The molecular weight excluding hydrogens is 390 g/mol. The van der Waals surface area contributed by atoms with Crippen LogP contribution in [0.1, 0.15) is 12.0 Å². The summed E-state index contributed by atoms with van der Waals surface area (Å²) >= 11 is 0. The molecule has 1 aromatic carbocycles. The number of rotatable bonds is 4. The molecule has 1 aliphatic rings. The van der Waals surface area contributed by atoms with E-state index in [0.29, 0.717) is 11.0 Å². The van der Waals surface area contributed by atoms with Gasteiger partial charge in [-0.05, 0) is 30.5 Å². The number of nitrogens with one attached hydrogen (secondary N) is 2. The minimum atomic E-state index is -4.88. The van der Waals surface area contributed by atoms with Crippen LogP contribution in [-0.4, -0.2) is 53.2 Å². The zero-order valence-corrected chi connectivity index (χ0v) is 14.4. The maximum absolute atomic E-state index is 13.5. The van der Waals surface area contributed by atoms with Crippen molar-refractivity contribution in [1.82, 2.24) is 9.80 Å². The number of allylic oxidation sites excluding steroid dienone is 1. The average molecular weight is 406 g/mol. The number of piperazine rings is 1. The van der Waals surface area contributed by atoms with Crippen LogP contribution < -0.4 is 0 Å². The standard InChI is InChI=1S/C17H16F6N4O/c18-11-8-13(20)12(19)7-10(11)3-1-2-4-15(28)26-5-6-27(14(24)9-26)16(25)17(21,22)23/h2,4,7-8,24-25H,1,3,5-6,9H2/b4-2+,24-14?,25-16?. The molecule has 1 amide bonds. The SMILES string of the molecule is N=C1CN(C(=O)/C=C/CCc2cc(F)c(F)cc2F)CCN1C(=N)C(F)(F)F. The highest BCUT2D eigenvalue weighted by Gasteiger charge is 2.41. The summed E-state index contributed by atoms with van der Waals surface area (Å²) in [5.41, 5.74) is -0.0583. The minimum Gasteiger partial charge on any atom is -0.330 e. The molecular formula is C17H16F6N4O. The number of carbonyl (C=O) groups is 1. The monoisotopic (exact) mass is 406 g/mol. The normalized spacial score (nSPS) is 15.4. The van der Waals surface area contributed by atoms with Crippen molar-refractivity contribution in [3.63, 3.8) is 0 Å². The molecule has 0 unspecified atom stereocenters. The number of carbonyl (C=O) groups excluding carboxylic acids is 1. The van der Waals surface area contributed by atoms with Gasteiger partial charge in [-0.3, -0.25) is 15.6 Å². The number of alkyl halides is 3. The predicted octanol–water partition coefficient (Wildman–Crippen LogP) is 3.25. The summed E-state index contributed by atoms with van der Waals surface area (Å²) < 4.78 is 77.1. The first-order valence-electron chi connectivity index (χ1n) is 8.10. The molecule has 2 rings (SSSR count). The molecule has 1 aliphatic heterocycles. The lowest BCUT2D eigenvalue weighted by Gasteiger charge is -2.36. The Morgan fingerprint density at radius 1 is 1.11 bits per heavy atom. The molecule has 0 radical (unpaired) electrons. The van der Waals surface area contributed by atoms with Crippen molar-refractivity contribution in [1.29, 1.82) is 10.8 Å². The Kier molecular flexibility index (Phi) is 6.47. The van der Waals surface area contributed by atoms with Gasteiger partial charge in [0.25, 0.3) is 0 Å². The van der Waals surface area contributed by atoms with Crippen molar-refractivity contribution in [2.24, 2.45) is 0 Å². The zero-order chi connectivity index (χ0) is 21.1. The van der Waals surface area contributed by atoms with Crippen LogP contribution in [0.2, 0.25) is 0 Å². The lowest BCUT2D eigenvalue weighted by atomic mass is 10.1. The number of hydrogen-bond acceptors (Lipinski definition) is 3. The van der Waals surface area contributed by atoms with Gasteiger partial charge < -0.3 is 9.80 Å². The van der Waals surface area contributed by atoms with Gasteiger partial charge in [0.2, 0.25) is 11.7 Å². The number of amidine groups is 2. The number of nitrogens with zero attached hydrogens (tertiary/aromatic N) is 2. The molecule has 152 valence electrons. The van der Waals surface area contributed by atoms with Crippen molar-refractivity contribution in [2.75, 3.05) is 19.6 Å². The summed E-state index contributed by atoms with van der Waals surface area (Å²) in [4.78, 5) is 13.7. The molecule has 0 atom stereocenters. The van der Waals surface area contributed by atoms with Crippen LogP contribution in [0.3, 0.4) is 0 Å². The molecule has 1 aromatic rings. The van der Waals surface area contributed by atoms with E-state index in [1.807, 2.05) is 0 Å². The summed E-state index contributed by atoms with van der Waals surface area (Å²) in [6.07, 6.45) is -2.23. The van der Waals surface area contributed by atoms with Crippen LogP contribution in [0.5, 0.6) is 0 Å². The molecule has 1 saturated heterocycles. The Morgan fingerprint density at radius 2 is 1.75 bits per heavy atom. The molecule has 0 bridgehead atoms. The summed E-state index contributed by atoms with van der Waals surface area (Å²) in [6.45, 7) is -0.835. The zero-order valence-electron chi connectivity index (χ0n) is 14.4. The van der Waals surface area contributed by atoms with Gasteiger partial charge in [0.15, 0.2) is 11.6 Å². The second-order valence-electron chi connectivity index (χ2n) is 6.00. The topological polar surface area (TPSA) is 71.2 Å². The highest BCUT2D eigenvalue weighted by atomic mass is 19.4. The van der Waals surface area contributed by atoms with Crippen molar-refractivity contribution in [3.8, 4) is 0 Å². The number of amides is 1. The van der Waals surface area contributed by atoms with Crippen LogP contribution in [-0.2, 0) is 11.2 Å². The van der Waals surface area contributed by atoms with E-state index in [2.05, 4.69) is 0 Å². The van der Waals surface area contributed by atoms with Gasteiger partial charge in [0, 0.05) is 19.2 Å². The van der Waals surface area contributed by atoms with E-state index in [1.165, 1.54) is 6.08 Å². The number of benzene rings is 1. The third kappa shape index (κ3) is 5.11. The van der Waals surface area contributed by atoms with Gasteiger partial charge in [0.05, 0.1) is 6.54 Å². The van der Waals surface area contributed by atoms with Crippen molar-refractivity contribution >= 4 is 17.6 Å².